The van der Waals surface area contributed by atoms with Crippen LogP contribution in [0.15, 0.2) is 40.9 Å². The Balaban J connectivity index is 1.91. The van der Waals surface area contributed by atoms with Crippen molar-refractivity contribution in [2.45, 2.75) is 18.9 Å². The van der Waals surface area contributed by atoms with E-state index >= 15 is 0 Å². The minimum atomic E-state index is 0.352. The van der Waals surface area contributed by atoms with E-state index in [1.165, 1.54) is 16.8 Å². The standard InChI is InChI=1S/C17H18BrClN2/c1-21(2)17-8-4-12(18)10-16(17)20-15-7-3-11-9-13(19)5-6-14(11)15/h4-6,8-10,15,20H,3,7H2,1-2H3. The molecule has 21 heavy (non-hydrogen) atoms. The lowest BCUT2D eigenvalue weighted by Gasteiger charge is -2.22. The number of nitrogens with zero attached hydrogens (tertiary/aromatic N) is 1. The average Bonchev–Trinajstić information content (AvgIpc) is 2.81. The maximum atomic E-state index is 6.09. The number of nitrogens with one attached hydrogen (secondary N) is 1. The van der Waals surface area contributed by atoms with Gasteiger partial charge in [0.2, 0.25) is 0 Å². The van der Waals surface area contributed by atoms with Gasteiger partial charge in [-0.05, 0) is 54.3 Å². The summed E-state index contributed by atoms with van der Waals surface area (Å²) in [7, 11) is 4.13. The third-order valence-corrected chi connectivity index (χ3v) is 4.68. The normalized spacial score (nSPS) is 16.7. The lowest BCUT2D eigenvalue weighted by molar-refractivity contribution is 0.761. The van der Waals surface area contributed by atoms with Crippen molar-refractivity contribution >= 4 is 38.9 Å². The number of hydrogen-bond acceptors (Lipinski definition) is 2. The van der Waals surface area contributed by atoms with Gasteiger partial charge in [-0.1, -0.05) is 33.6 Å². The summed E-state index contributed by atoms with van der Waals surface area (Å²) >= 11 is 9.65. The summed E-state index contributed by atoms with van der Waals surface area (Å²) in [5.41, 5.74) is 5.08. The zero-order chi connectivity index (χ0) is 15.0. The number of rotatable bonds is 3. The molecule has 3 rings (SSSR count). The molecule has 1 atom stereocenters. The van der Waals surface area contributed by atoms with Crippen LogP contribution in [0.4, 0.5) is 11.4 Å². The van der Waals surface area contributed by atoms with Crippen LogP contribution in [0.25, 0.3) is 0 Å². The van der Waals surface area contributed by atoms with E-state index in [9.17, 15) is 0 Å². The first-order valence-electron chi connectivity index (χ1n) is 7.06. The zero-order valence-electron chi connectivity index (χ0n) is 12.2. The molecule has 0 spiro atoms. The summed E-state index contributed by atoms with van der Waals surface area (Å²) in [6.45, 7) is 0. The minimum Gasteiger partial charge on any atom is -0.377 e. The number of benzene rings is 2. The topological polar surface area (TPSA) is 15.3 Å². The van der Waals surface area contributed by atoms with Crippen molar-refractivity contribution in [2.24, 2.45) is 0 Å². The van der Waals surface area contributed by atoms with E-state index in [4.69, 9.17) is 11.6 Å². The molecule has 2 nitrogen and oxygen atoms in total. The van der Waals surface area contributed by atoms with Gasteiger partial charge in [0.25, 0.3) is 0 Å². The predicted octanol–water partition coefficient (Wildman–Crippen LogP) is 5.27. The molecular formula is C17H18BrClN2. The molecule has 0 amide bonds. The lowest BCUT2D eigenvalue weighted by Crippen LogP contribution is -2.14. The average molecular weight is 366 g/mol. The van der Waals surface area contributed by atoms with Gasteiger partial charge in [0.15, 0.2) is 0 Å². The van der Waals surface area contributed by atoms with Crippen LogP contribution in [-0.2, 0) is 6.42 Å². The molecule has 1 aliphatic rings. The Labute approximate surface area is 139 Å². The van der Waals surface area contributed by atoms with Crippen molar-refractivity contribution in [1.29, 1.82) is 0 Å². The molecule has 0 aromatic heterocycles. The van der Waals surface area contributed by atoms with Crippen LogP contribution in [0.5, 0.6) is 0 Å². The Morgan fingerprint density at radius 1 is 1.19 bits per heavy atom. The molecule has 110 valence electrons. The molecule has 0 bridgehead atoms. The quantitative estimate of drug-likeness (QED) is 0.797. The van der Waals surface area contributed by atoms with E-state index in [0.717, 1.165) is 28.0 Å². The monoisotopic (exact) mass is 364 g/mol. The minimum absolute atomic E-state index is 0.352. The van der Waals surface area contributed by atoms with Gasteiger partial charge < -0.3 is 10.2 Å². The second-order valence-electron chi connectivity index (χ2n) is 5.63. The predicted molar refractivity (Wildman–Crippen MR) is 94.6 cm³/mol. The second-order valence-corrected chi connectivity index (χ2v) is 6.99. The van der Waals surface area contributed by atoms with Gasteiger partial charge in [-0.3, -0.25) is 0 Å². The van der Waals surface area contributed by atoms with E-state index in [-0.39, 0.29) is 0 Å². The smallest absolute Gasteiger partial charge is 0.0597 e. The molecular weight excluding hydrogens is 348 g/mol. The van der Waals surface area contributed by atoms with E-state index in [0.29, 0.717) is 6.04 Å². The highest BCUT2D eigenvalue weighted by molar-refractivity contribution is 9.10. The molecule has 0 saturated carbocycles. The summed E-state index contributed by atoms with van der Waals surface area (Å²) in [5, 5.41) is 4.52. The van der Waals surface area contributed by atoms with Crippen molar-refractivity contribution in [2.75, 3.05) is 24.3 Å². The molecule has 1 aliphatic carbocycles. The van der Waals surface area contributed by atoms with Gasteiger partial charge in [0.05, 0.1) is 17.4 Å². The molecule has 2 aromatic carbocycles. The number of halogens is 2. The molecule has 1 unspecified atom stereocenters. The number of hydrogen-bond donors (Lipinski definition) is 1. The SMILES string of the molecule is CN(C)c1ccc(Br)cc1NC1CCc2cc(Cl)ccc21. The summed E-state index contributed by atoms with van der Waals surface area (Å²) < 4.78 is 1.09. The van der Waals surface area contributed by atoms with Crippen LogP contribution in [0.1, 0.15) is 23.6 Å². The molecule has 2 aromatic rings. The lowest BCUT2D eigenvalue weighted by atomic mass is 10.1. The van der Waals surface area contributed by atoms with Gasteiger partial charge >= 0.3 is 0 Å². The second kappa shape index (κ2) is 5.90. The summed E-state index contributed by atoms with van der Waals surface area (Å²) in [5.74, 6) is 0. The molecule has 0 heterocycles. The fourth-order valence-corrected chi connectivity index (χ4v) is 3.49. The Morgan fingerprint density at radius 3 is 2.76 bits per heavy atom. The molecule has 1 N–H and O–H groups in total. The van der Waals surface area contributed by atoms with Crippen LogP contribution in [0.3, 0.4) is 0 Å². The highest BCUT2D eigenvalue weighted by Gasteiger charge is 2.23. The number of aryl methyl sites for hydroxylation is 1. The summed E-state index contributed by atoms with van der Waals surface area (Å²) in [4.78, 5) is 2.13. The van der Waals surface area contributed by atoms with Crippen LogP contribution in [0, 0.1) is 0 Å². The molecule has 4 heteroatoms. The first-order valence-corrected chi connectivity index (χ1v) is 8.23. The van der Waals surface area contributed by atoms with Crippen LogP contribution in [0.2, 0.25) is 5.02 Å². The summed E-state index contributed by atoms with van der Waals surface area (Å²) in [6.07, 6.45) is 2.19. The van der Waals surface area contributed by atoms with Gasteiger partial charge in [0, 0.05) is 23.6 Å². The Morgan fingerprint density at radius 2 is 2.00 bits per heavy atom. The molecule has 0 saturated heterocycles. The van der Waals surface area contributed by atoms with Gasteiger partial charge in [-0.15, -0.1) is 0 Å². The van der Waals surface area contributed by atoms with Crippen LogP contribution < -0.4 is 10.2 Å². The maximum Gasteiger partial charge on any atom is 0.0597 e. The van der Waals surface area contributed by atoms with Gasteiger partial charge in [-0.25, -0.2) is 0 Å². The van der Waals surface area contributed by atoms with E-state index in [2.05, 4.69) is 70.6 Å². The number of anilines is 2. The van der Waals surface area contributed by atoms with E-state index in [1.807, 2.05) is 6.07 Å². The number of fused-ring (bicyclic) bond motifs is 1. The van der Waals surface area contributed by atoms with Gasteiger partial charge in [-0.2, -0.15) is 0 Å². The first kappa shape index (κ1) is 14.7. The van der Waals surface area contributed by atoms with Crippen molar-refractivity contribution in [1.82, 2.24) is 0 Å². The Hall–Kier alpha value is -1.19. The Kier molecular flexibility index (Phi) is 4.14. The van der Waals surface area contributed by atoms with Crippen molar-refractivity contribution in [3.8, 4) is 0 Å². The third-order valence-electron chi connectivity index (χ3n) is 3.95. The zero-order valence-corrected chi connectivity index (χ0v) is 14.5. The third kappa shape index (κ3) is 3.04. The highest BCUT2D eigenvalue weighted by Crippen LogP contribution is 2.38. The van der Waals surface area contributed by atoms with Crippen molar-refractivity contribution in [3.05, 3.63) is 57.0 Å². The first-order chi connectivity index (χ1) is 10.0. The Bertz CT molecular complexity index is 670. The molecule has 0 radical (unpaired) electrons. The maximum absolute atomic E-state index is 6.09. The highest BCUT2D eigenvalue weighted by atomic mass is 79.9. The molecule has 0 aliphatic heterocycles. The van der Waals surface area contributed by atoms with E-state index < -0.39 is 0 Å². The van der Waals surface area contributed by atoms with Crippen molar-refractivity contribution in [3.63, 3.8) is 0 Å². The fourth-order valence-electron chi connectivity index (χ4n) is 2.94. The van der Waals surface area contributed by atoms with E-state index in [1.54, 1.807) is 0 Å². The van der Waals surface area contributed by atoms with Crippen LogP contribution >= 0.6 is 27.5 Å². The summed E-state index contributed by atoms with van der Waals surface area (Å²) in [6, 6.07) is 12.9. The largest absolute Gasteiger partial charge is 0.377 e. The molecule has 0 fully saturated rings. The fraction of sp³-hybridized carbons (Fsp3) is 0.294. The van der Waals surface area contributed by atoms with Crippen molar-refractivity contribution < 1.29 is 0 Å². The van der Waals surface area contributed by atoms with Gasteiger partial charge in [0.1, 0.15) is 0 Å². The van der Waals surface area contributed by atoms with Crippen LogP contribution in [-0.4, -0.2) is 14.1 Å².